The van der Waals surface area contributed by atoms with Gasteiger partial charge in [-0.2, -0.15) is 0 Å². The third-order valence-electron chi connectivity index (χ3n) is 3.34. The van der Waals surface area contributed by atoms with Crippen molar-refractivity contribution >= 4 is 33.3 Å². The summed E-state index contributed by atoms with van der Waals surface area (Å²) in [5, 5.41) is 13.8. The van der Waals surface area contributed by atoms with Crippen LogP contribution in [0.15, 0.2) is 57.6 Å². The van der Waals surface area contributed by atoms with E-state index in [0.29, 0.717) is 18.1 Å². The highest BCUT2D eigenvalue weighted by Gasteiger charge is 2.09. The summed E-state index contributed by atoms with van der Waals surface area (Å²) in [7, 11) is 0. The van der Waals surface area contributed by atoms with Gasteiger partial charge in [0.15, 0.2) is 5.69 Å². The van der Waals surface area contributed by atoms with E-state index in [2.05, 4.69) is 36.8 Å². The topological polar surface area (TPSA) is 80.0 Å². The molecule has 0 saturated carbocycles. The zero-order chi connectivity index (χ0) is 16.9. The Hall–Kier alpha value is -2.67. The number of hydrogen-bond donors (Lipinski definition) is 2. The Morgan fingerprint density at radius 2 is 2.08 bits per heavy atom. The first-order chi connectivity index (χ1) is 11.6. The SMILES string of the molecule is Cc1cc(NC(=O)c2ccc(NCc3ccco3)nn2)ccc1Br. The average molecular weight is 387 g/mol. The van der Waals surface area contributed by atoms with Gasteiger partial charge in [0.25, 0.3) is 5.91 Å². The monoisotopic (exact) mass is 386 g/mol. The van der Waals surface area contributed by atoms with E-state index in [1.54, 1.807) is 18.4 Å². The molecule has 0 atom stereocenters. The van der Waals surface area contributed by atoms with Crippen molar-refractivity contribution in [3.63, 3.8) is 0 Å². The summed E-state index contributed by atoms with van der Waals surface area (Å²) in [6.07, 6.45) is 1.61. The van der Waals surface area contributed by atoms with Crippen LogP contribution in [0.5, 0.6) is 0 Å². The van der Waals surface area contributed by atoms with Crippen LogP contribution in [-0.2, 0) is 6.54 Å². The molecule has 0 aliphatic heterocycles. The minimum absolute atomic E-state index is 0.249. The van der Waals surface area contributed by atoms with Gasteiger partial charge in [0.05, 0.1) is 12.8 Å². The Morgan fingerprint density at radius 1 is 1.21 bits per heavy atom. The molecule has 6 nitrogen and oxygen atoms in total. The van der Waals surface area contributed by atoms with Crippen LogP contribution < -0.4 is 10.6 Å². The van der Waals surface area contributed by atoms with Crippen LogP contribution in [0.4, 0.5) is 11.5 Å². The molecule has 3 rings (SSSR count). The average Bonchev–Trinajstić information content (AvgIpc) is 3.10. The molecule has 2 N–H and O–H groups in total. The summed E-state index contributed by atoms with van der Waals surface area (Å²) in [6.45, 7) is 2.46. The molecular formula is C17H15BrN4O2. The first-order valence-corrected chi connectivity index (χ1v) is 8.08. The zero-order valence-corrected chi connectivity index (χ0v) is 14.5. The molecule has 2 aromatic heterocycles. The number of amides is 1. The molecule has 1 amide bonds. The molecule has 0 saturated heterocycles. The largest absolute Gasteiger partial charge is 0.467 e. The van der Waals surface area contributed by atoms with E-state index >= 15 is 0 Å². The van der Waals surface area contributed by atoms with Crippen molar-refractivity contribution < 1.29 is 9.21 Å². The highest BCUT2D eigenvalue weighted by molar-refractivity contribution is 9.10. The lowest BCUT2D eigenvalue weighted by Crippen LogP contribution is -2.15. The van der Waals surface area contributed by atoms with Gasteiger partial charge < -0.3 is 15.1 Å². The summed E-state index contributed by atoms with van der Waals surface area (Å²) in [4.78, 5) is 12.2. The van der Waals surface area contributed by atoms with E-state index in [1.165, 1.54) is 0 Å². The van der Waals surface area contributed by atoms with Crippen molar-refractivity contribution in [3.05, 3.63) is 70.2 Å². The van der Waals surface area contributed by atoms with E-state index < -0.39 is 0 Å². The van der Waals surface area contributed by atoms with E-state index in [9.17, 15) is 4.79 Å². The van der Waals surface area contributed by atoms with E-state index in [-0.39, 0.29) is 11.6 Å². The molecule has 24 heavy (non-hydrogen) atoms. The minimum Gasteiger partial charge on any atom is -0.467 e. The lowest BCUT2D eigenvalue weighted by Gasteiger charge is -2.07. The summed E-state index contributed by atoms with van der Waals surface area (Å²) in [5.74, 6) is 1.06. The standard InChI is InChI=1S/C17H15BrN4O2/c1-11-9-12(4-5-14(11)18)20-17(23)15-6-7-16(22-21-15)19-10-13-3-2-8-24-13/h2-9H,10H2,1H3,(H,19,22)(H,20,23). The first kappa shape index (κ1) is 16.2. The number of halogens is 1. The molecule has 1 aromatic carbocycles. The predicted molar refractivity (Wildman–Crippen MR) is 94.9 cm³/mol. The molecule has 0 radical (unpaired) electrons. The molecule has 0 aliphatic carbocycles. The Balaban J connectivity index is 1.61. The van der Waals surface area contributed by atoms with E-state index in [1.807, 2.05) is 37.3 Å². The molecule has 0 bridgehead atoms. The molecule has 122 valence electrons. The summed E-state index contributed by atoms with van der Waals surface area (Å²) in [6, 6.07) is 12.6. The molecular weight excluding hydrogens is 372 g/mol. The van der Waals surface area contributed by atoms with Crippen LogP contribution in [0.3, 0.4) is 0 Å². The number of carbonyl (C=O) groups is 1. The summed E-state index contributed by atoms with van der Waals surface area (Å²) >= 11 is 3.43. The highest BCUT2D eigenvalue weighted by atomic mass is 79.9. The van der Waals surface area contributed by atoms with Crippen molar-refractivity contribution in [1.82, 2.24) is 10.2 Å². The number of hydrogen-bond acceptors (Lipinski definition) is 5. The van der Waals surface area contributed by atoms with Gasteiger partial charge in [0.2, 0.25) is 0 Å². The molecule has 2 heterocycles. The van der Waals surface area contributed by atoms with E-state index in [4.69, 9.17) is 4.42 Å². The molecule has 0 aliphatic rings. The first-order valence-electron chi connectivity index (χ1n) is 7.29. The third-order valence-corrected chi connectivity index (χ3v) is 4.23. The fourth-order valence-electron chi connectivity index (χ4n) is 2.06. The lowest BCUT2D eigenvalue weighted by molar-refractivity contribution is 0.102. The van der Waals surface area contributed by atoms with Crippen molar-refractivity contribution in [2.45, 2.75) is 13.5 Å². The Labute approximate surface area is 147 Å². The van der Waals surface area contributed by atoms with Gasteiger partial charge in [-0.15, -0.1) is 10.2 Å². The second kappa shape index (κ2) is 7.27. The minimum atomic E-state index is -0.304. The Morgan fingerprint density at radius 3 is 2.75 bits per heavy atom. The predicted octanol–water partition coefficient (Wildman–Crippen LogP) is 4.00. The van der Waals surface area contributed by atoms with Gasteiger partial charge in [-0.3, -0.25) is 4.79 Å². The zero-order valence-electron chi connectivity index (χ0n) is 12.9. The Bertz CT molecular complexity index is 832. The van der Waals surface area contributed by atoms with Crippen LogP contribution in [0.2, 0.25) is 0 Å². The maximum absolute atomic E-state index is 12.2. The van der Waals surface area contributed by atoms with Crippen molar-refractivity contribution in [2.24, 2.45) is 0 Å². The highest BCUT2D eigenvalue weighted by Crippen LogP contribution is 2.20. The van der Waals surface area contributed by atoms with Gasteiger partial charge in [-0.25, -0.2) is 0 Å². The molecule has 0 unspecified atom stereocenters. The van der Waals surface area contributed by atoms with Crippen molar-refractivity contribution in [1.29, 1.82) is 0 Å². The van der Waals surface area contributed by atoms with Gasteiger partial charge in [0, 0.05) is 10.2 Å². The number of benzene rings is 1. The van der Waals surface area contributed by atoms with Crippen LogP contribution in [-0.4, -0.2) is 16.1 Å². The number of aryl methyl sites for hydroxylation is 1. The molecule has 3 aromatic rings. The normalized spacial score (nSPS) is 10.4. The van der Waals surface area contributed by atoms with Gasteiger partial charge in [0.1, 0.15) is 11.6 Å². The van der Waals surface area contributed by atoms with Gasteiger partial charge in [-0.05, 0) is 55.0 Å². The van der Waals surface area contributed by atoms with Crippen molar-refractivity contribution in [3.8, 4) is 0 Å². The number of nitrogens with one attached hydrogen (secondary N) is 2. The summed E-state index contributed by atoms with van der Waals surface area (Å²) in [5.41, 5.74) is 2.00. The third kappa shape index (κ3) is 3.99. The quantitative estimate of drug-likeness (QED) is 0.692. The van der Waals surface area contributed by atoms with Crippen LogP contribution in [0.25, 0.3) is 0 Å². The number of aromatic nitrogens is 2. The summed E-state index contributed by atoms with van der Waals surface area (Å²) < 4.78 is 6.22. The molecule has 0 fully saturated rings. The maximum Gasteiger partial charge on any atom is 0.276 e. The number of rotatable bonds is 5. The number of furan rings is 1. The number of carbonyl (C=O) groups excluding carboxylic acids is 1. The van der Waals surface area contributed by atoms with Crippen molar-refractivity contribution in [2.75, 3.05) is 10.6 Å². The molecule has 0 spiro atoms. The maximum atomic E-state index is 12.2. The number of nitrogens with zero attached hydrogens (tertiary/aromatic N) is 2. The lowest BCUT2D eigenvalue weighted by atomic mass is 10.2. The van der Waals surface area contributed by atoms with Crippen LogP contribution in [0.1, 0.15) is 21.8 Å². The van der Waals surface area contributed by atoms with Crippen LogP contribution in [0, 0.1) is 6.92 Å². The molecule has 7 heteroatoms. The van der Waals surface area contributed by atoms with Gasteiger partial charge in [-0.1, -0.05) is 15.9 Å². The van der Waals surface area contributed by atoms with Crippen LogP contribution >= 0.6 is 15.9 Å². The fourth-order valence-corrected chi connectivity index (χ4v) is 2.30. The smallest absolute Gasteiger partial charge is 0.276 e. The second-order valence-corrected chi connectivity index (χ2v) is 6.01. The second-order valence-electron chi connectivity index (χ2n) is 5.15. The Kier molecular flexibility index (Phi) is 4.90. The fraction of sp³-hybridized carbons (Fsp3) is 0.118. The van der Waals surface area contributed by atoms with Gasteiger partial charge >= 0.3 is 0 Å². The van der Waals surface area contributed by atoms with E-state index in [0.717, 1.165) is 15.8 Å². The number of anilines is 2.